The van der Waals surface area contributed by atoms with Gasteiger partial charge in [-0.3, -0.25) is 14.4 Å². The van der Waals surface area contributed by atoms with E-state index in [0.29, 0.717) is 28.6 Å². The fraction of sp³-hybridized carbons (Fsp3) is 0.318. The first-order chi connectivity index (χ1) is 13.9. The maximum Gasteiger partial charge on any atom is 0.307 e. The number of ether oxygens (including phenoxy) is 2. The Labute approximate surface area is 175 Å². The van der Waals surface area contributed by atoms with Crippen molar-refractivity contribution in [3.05, 3.63) is 59.1 Å². The van der Waals surface area contributed by atoms with Gasteiger partial charge in [-0.05, 0) is 61.9 Å². The zero-order valence-corrected chi connectivity index (χ0v) is 17.2. The minimum absolute atomic E-state index is 0.000476. The number of nitrogens with one attached hydrogen (secondary N) is 1. The monoisotopic (exact) mass is 417 g/mol. The second kappa shape index (κ2) is 11.2. The van der Waals surface area contributed by atoms with Gasteiger partial charge in [0.25, 0.3) is 5.91 Å². The Bertz CT molecular complexity index is 833. The molecule has 29 heavy (non-hydrogen) atoms. The lowest BCUT2D eigenvalue weighted by Crippen LogP contribution is -2.30. The van der Waals surface area contributed by atoms with E-state index in [9.17, 15) is 14.4 Å². The van der Waals surface area contributed by atoms with Gasteiger partial charge >= 0.3 is 5.97 Å². The van der Waals surface area contributed by atoms with Gasteiger partial charge in [-0.15, -0.1) is 0 Å². The van der Waals surface area contributed by atoms with Gasteiger partial charge in [-0.1, -0.05) is 18.5 Å². The van der Waals surface area contributed by atoms with Gasteiger partial charge < -0.3 is 14.8 Å². The predicted octanol–water partition coefficient (Wildman–Crippen LogP) is 4.66. The van der Waals surface area contributed by atoms with Crippen molar-refractivity contribution in [3.8, 4) is 5.75 Å². The number of hydrogen-bond donors (Lipinski definition) is 1. The molecule has 0 aliphatic rings. The van der Waals surface area contributed by atoms with E-state index in [2.05, 4.69) is 5.32 Å². The summed E-state index contributed by atoms with van der Waals surface area (Å²) in [4.78, 5) is 36.3. The molecule has 154 valence electrons. The van der Waals surface area contributed by atoms with Gasteiger partial charge in [-0.2, -0.15) is 0 Å². The zero-order chi connectivity index (χ0) is 21.2. The number of rotatable bonds is 10. The fourth-order valence-electron chi connectivity index (χ4n) is 2.40. The molecule has 0 aromatic heterocycles. The number of esters is 1. The molecule has 1 amide bonds. The SMILES string of the molecule is CCCOc1ccc(C(=O)CCC(=O)O[C@@H](C)C(=O)Nc2ccc(Cl)cc2)cc1. The molecule has 0 bridgehead atoms. The molecule has 2 rings (SSSR count). The van der Waals surface area contributed by atoms with Gasteiger partial charge in [0.15, 0.2) is 11.9 Å². The maximum atomic E-state index is 12.2. The molecule has 0 saturated heterocycles. The van der Waals surface area contributed by atoms with Crippen LogP contribution in [0, 0.1) is 0 Å². The molecule has 1 N–H and O–H groups in total. The Kier molecular flexibility index (Phi) is 8.68. The third-order valence-corrected chi connectivity index (χ3v) is 4.25. The molecule has 0 aliphatic heterocycles. The molecule has 0 aliphatic carbocycles. The highest BCUT2D eigenvalue weighted by Gasteiger charge is 2.19. The second-order valence-corrected chi connectivity index (χ2v) is 6.86. The van der Waals surface area contributed by atoms with Crippen molar-refractivity contribution in [2.24, 2.45) is 0 Å². The number of halogens is 1. The molecule has 2 aromatic carbocycles. The Morgan fingerprint density at radius 2 is 1.66 bits per heavy atom. The van der Waals surface area contributed by atoms with Crippen molar-refractivity contribution in [1.82, 2.24) is 0 Å². The molecule has 7 heteroatoms. The van der Waals surface area contributed by atoms with E-state index in [4.69, 9.17) is 21.1 Å². The van der Waals surface area contributed by atoms with Crippen LogP contribution in [-0.2, 0) is 14.3 Å². The van der Waals surface area contributed by atoms with Crippen LogP contribution < -0.4 is 10.1 Å². The predicted molar refractivity (Wildman–Crippen MR) is 111 cm³/mol. The summed E-state index contributed by atoms with van der Waals surface area (Å²) < 4.78 is 10.6. The van der Waals surface area contributed by atoms with Gasteiger partial charge in [0.2, 0.25) is 0 Å². The Hall–Kier alpha value is -2.86. The minimum atomic E-state index is -0.983. The van der Waals surface area contributed by atoms with Crippen molar-refractivity contribution in [2.75, 3.05) is 11.9 Å². The lowest BCUT2D eigenvalue weighted by atomic mass is 10.1. The number of carbonyl (C=O) groups excluding carboxylic acids is 3. The lowest BCUT2D eigenvalue weighted by Gasteiger charge is -2.13. The number of ketones is 1. The molecule has 0 unspecified atom stereocenters. The Balaban J connectivity index is 1.77. The van der Waals surface area contributed by atoms with E-state index in [-0.39, 0.29) is 18.6 Å². The van der Waals surface area contributed by atoms with Crippen molar-refractivity contribution in [1.29, 1.82) is 0 Å². The molecule has 0 radical (unpaired) electrons. The summed E-state index contributed by atoms with van der Waals surface area (Å²) in [5, 5.41) is 3.18. The highest BCUT2D eigenvalue weighted by Crippen LogP contribution is 2.16. The maximum absolute atomic E-state index is 12.2. The minimum Gasteiger partial charge on any atom is -0.494 e. The topological polar surface area (TPSA) is 81.7 Å². The Morgan fingerprint density at radius 1 is 1.00 bits per heavy atom. The van der Waals surface area contributed by atoms with E-state index in [0.717, 1.165) is 6.42 Å². The third-order valence-electron chi connectivity index (χ3n) is 3.99. The zero-order valence-electron chi connectivity index (χ0n) is 16.4. The number of benzene rings is 2. The molecule has 1 atom stereocenters. The van der Waals surface area contributed by atoms with E-state index in [1.165, 1.54) is 6.92 Å². The summed E-state index contributed by atoms with van der Waals surface area (Å²) >= 11 is 5.80. The van der Waals surface area contributed by atoms with Crippen LogP contribution in [0.3, 0.4) is 0 Å². The van der Waals surface area contributed by atoms with Gasteiger partial charge in [-0.25, -0.2) is 0 Å². The summed E-state index contributed by atoms with van der Waals surface area (Å²) in [7, 11) is 0. The number of hydrogen-bond acceptors (Lipinski definition) is 5. The van der Waals surface area contributed by atoms with Crippen LogP contribution in [-0.4, -0.2) is 30.4 Å². The van der Waals surface area contributed by atoms with E-state index in [1.807, 2.05) is 6.92 Å². The van der Waals surface area contributed by atoms with Crippen LogP contribution >= 0.6 is 11.6 Å². The van der Waals surface area contributed by atoms with Gasteiger partial charge in [0, 0.05) is 22.7 Å². The summed E-state index contributed by atoms with van der Waals surface area (Å²) in [5.41, 5.74) is 1.04. The van der Waals surface area contributed by atoms with E-state index >= 15 is 0 Å². The first-order valence-electron chi connectivity index (χ1n) is 9.41. The van der Waals surface area contributed by atoms with E-state index in [1.54, 1.807) is 48.5 Å². The standard InChI is InChI=1S/C22H24ClNO5/c1-3-14-28-19-10-4-16(5-11-19)20(25)12-13-21(26)29-15(2)22(27)24-18-8-6-17(23)7-9-18/h4-11,15H,3,12-14H2,1-2H3,(H,24,27)/t15-/m0/s1. The molecule has 0 fully saturated rings. The van der Waals surface area contributed by atoms with Crippen LogP contribution in [0.5, 0.6) is 5.75 Å². The van der Waals surface area contributed by atoms with Gasteiger partial charge in [0.05, 0.1) is 13.0 Å². The summed E-state index contributed by atoms with van der Waals surface area (Å²) in [6, 6.07) is 13.4. The molecule has 2 aromatic rings. The van der Waals surface area contributed by atoms with Crippen LogP contribution in [0.2, 0.25) is 5.02 Å². The molecular weight excluding hydrogens is 394 g/mol. The Morgan fingerprint density at radius 3 is 2.28 bits per heavy atom. The fourth-order valence-corrected chi connectivity index (χ4v) is 2.53. The lowest BCUT2D eigenvalue weighted by molar-refractivity contribution is -0.153. The number of Topliss-reactive ketones (excluding diaryl/α,β-unsaturated/α-hetero) is 1. The third kappa shape index (κ3) is 7.58. The average Bonchev–Trinajstić information content (AvgIpc) is 2.72. The van der Waals surface area contributed by atoms with Gasteiger partial charge in [0.1, 0.15) is 5.75 Å². The highest BCUT2D eigenvalue weighted by atomic mass is 35.5. The molecule has 0 heterocycles. The van der Waals surface area contributed by atoms with Crippen molar-refractivity contribution in [2.45, 2.75) is 39.2 Å². The normalized spacial score (nSPS) is 11.4. The molecular formula is C22H24ClNO5. The number of anilines is 1. The highest BCUT2D eigenvalue weighted by molar-refractivity contribution is 6.30. The first-order valence-corrected chi connectivity index (χ1v) is 9.78. The number of amides is 1. The number of carbonyl (C=O) groups is 3. The molecule has 0 spiro atoms. The largest absolute Gasteiger partial charge is 0.494 e. The summed E-state index contributed by atoms with van der Waals surface area (Å²) in [6.45, 7) is 4.10. The smallest absolute Gasteiger partial charge is 0.307 e. The van der Waals surface area contributed by atoms with Crippen LogP contribution in [0.25, 0.3) is 0 Å². The van der Waals surface area contributed by atoms with Crippen LogP contribution in [0.15, 0.2) is 48.5 Å². The summed E-state index contributed by atoms with van der Waals surface area (Å²) in [5.74, 6) is -0.555. The van der Waals surface area contributed by atoms with E-state index < -0.39 is 18.0 Å². The first kappa shape index (κ1) is 22.4. The quantitative estimate of drug-likeness (QED) is 0.449. The van der Waals surface area contributed by atoms with Crippen LogP contribution in [0.4, 0.5) is 5.69 Å². The van der Waals surface area contributed by atoms with Crippen molar-refractivity contribution >= 4 is 34.9 Å². The molecule has 0 saturated carbocycles. The second-order valence-electron chi connectivity index (χ2n) is 6.42. The molecule has 6 nitrogen and oxygen atoms in total. The van der Waals surface area contributed by atoms with Crippen LogP contribution in [0.1, 0.15) is 43.5 Å². The van der Waals surface area contributed by atoms with Crippen molar-refractivity contribution in [3.63, 3.8) is 0 Å². The van der Waals surface area contributed by atoms with Crippen molar-refractivity contribution < 1.29 is 23.9 Å². The average molecular weight is 418 g/mol. The summed E-state index contributed by atoms with van der Waals surface area (Å²) in [6.07, 6.45) is -0.187.